The second-order valence-corrected chi connectivity index (χ2v) is 10.0. The van der Waals surface area contributed by atoms with Crippen LogP contribution < -0.4 is 27.0 Å². The number of carbonyl (C=O) groups excluding carboxylic acids is 4. The number of carbonyl (C=O) groups is 5. The first-order chi connectivity index (χ1) is 18.6. The zero-order valence-electron chi connectivity index (χ0n) is 22.3. The van der Waals surface area contributed by atoms with Crippen LogP contribution in [0, 0.1) is 5.92 Å². The third kappa shape index (κ3) is 8.03. The third-order valence-corrected chi connectivity index (χ3v) is 7.20. The van der Waals surface area contributed by atoms with Crippen molar-refractivity contribution in [3.63, 3.8) is 0 Å². The maximum absolute atomic E-state index is 13.5. The van der Waals surface area contributed by atoms with Gasteiger partial charge >= 0.3 is 5.97 Å². The summed E-state index contributed by atoms with van der Waals surface area (Å²) < 4.78 is 0. The number of hydrogen-bond acceptors (Lipinski definition) is 6. The Morgan fingerprint density at radius 1 is 1.08 bits per heavy atom. The molecule has 1 aromatic heterocycles. The highest BCUT2D eigenvalue weighted by Gasteiger charge is 2.34. The number of carboxylic acid groups (broad SMARTS) is 1. The molecule has 12 heteroatoms. The molecule has 1 aromatic carbocycles. The Bertz CT molecular complexity index is 1190. The molecule has 4 amide bonds. The van der Waals surface area contributed by atoms with Crippen LogP contribution in [0.5, 0.6) is 0 Å². The lowest BCUT2D eigenvalue weighted by Gasteiger charge is -2.28. The average molecular weight is 543 g/mol. The number of aromatic nitrogens is 1. The minimum atomic E-state index is -1.37. The number of amides is 4. The largest absolute Gasteiger partial charge is 0.480 e. The lowest BCUT2D eigenvalue weighted by atomic mass is 9.96. The van der Waals surface area contributed by atoms with E-state index in [9.17, 15) is 29.1 Å². The second-order valence-electron chi connectivity index (χ2n) is 10.0. The van der Waals surface area contributed by atoms with Crippen LogP contribution in [0.15, 0.2) is 30.5 Å². The summed E-state index contributed by atoms with van der Waals surface area (Å²) >= 11 is 0. The van der Waals surface area contributed by atoms with E-state index in [0.29, 0.717) is 12.8 Å². The van der Waals surface area contributed by atoms with Crippen LogP contribution in [0.25, 0.3) is 10.9 Å². The number of benzene rings is 1. The van der Waals surface area contributed by atoms with Crippen molar-refractivity contribution in [3.05, 3.63) is 36.0 Å². The second kappa shape index (κ2) is 13.7. The van der Waals surface area contributed by atoms with Crippen molar-refractivity contribution in [2.45, 2.75) is 76.5 Å². The van der Waals surface area contributed by atoms with Crippen LogP contribution in [0.3, 0.4) is 0 Å². The highest BCUT2D eigenvalue weighted by Crippen LogP contribution is 2.20. The summed E-state index contributed by atoms with van der Waals surface area (Å²) in [6.07, 6.45) is 3.52. The summed E-state index contributed by atoms with van der Waals surface area (Å²) in [7, 11) is 0. The van der Waals surface area contributed by atoms with Gasteiger partial charge in [0, 0.05) is 29.9 Å². The van der Waals surface area contributed by atoms with Gasteiger partial charge in [-0.15, -0.1) is 0 Å². The predicted octanol–water partition coefficient (Wildman–Crippen LogP) is 0.313. The number of aromatic amines is 1. The Hall–Kier alpha value is -3.93. The van der Waals surface area contributed by atoms with Crippen LogP contribution in [0.4, 0.5) is 0 Å². The summed E-state index contributed by atoms with van der Waals surface area (Å²) in [5, 5.41) is 21.6. The first-order valence-electron chi connectivity index (χ1n) is 13.3. The van der Waals surface area contributed by atoms with Gasteiger partial charge in [-0.05, 0) is 43.4 Å². The fourth-order valence-corrected chi connectivity index (χ4v) is 4.67. The quantitative estimate of drug-likeness (QED) is 0.178. The number of aliphatic carboxylic acids is 1. The molecule has 8 N–H and O–H groups in total. The molecule has 212 valence electrons. The molecule has 2 aromatic rings. The van der Waals surface area contributed by atoms with Crippen molar-refractivity contribution in [1.29, 1.82) is 0 Å². The molecule has 0 saturated carbocycles. The summed E-state index contributed by atoms with van der Waals surface area (Å²) in [5.74, 6) is -3.78. The Morgan fingerprint density at radius 2 is 1.79 bits per heavy atom. The highest BCUT2D eigenvalue weighted by molar-refractivity contribution is 5.95. The number of fused-ring (bicyclic) bond motifs is 1. The maximum Gasteiger partial charge on any atom is 0.326 e. The van der Waals surface area contributed by atoms with Crippen LogP contribution in [-0.4, -0.2) is 70.4 Å². The Labute approximate surface area is 226 Å². The van der Waals surface area contributed by atoms with E-state index < -0.39 is 41.8 Å². The Kier molecular flexibility index (Phi) is 10.4. The number of H-pyrrole nitrogens is 1. The van der Waals surface area contributed by atoms with Gasteiger partial charge in [0.25, 0.3) is 0 Å². The molecule has 2 heterocycles. The van der Waals surface area contributed by atoms with E-state index in [1.165, 1.54) is 0 Å². The van der Waals surface area contributed by atoms with Gasteiger partial charge in [-0.1, -0.05) is 38.5 Å². The van der Waals surface area contributed by atoms with E-state index in [2.05, 4.69) is 26.3 Å². The van der Waals surface area contributed by atoms with Crippen molar-refractivity contribution >= 4 is 40.5 Å². The molecule has 1 fully saturated rings. The molecule has 1 aliphatic rings. The number of para-hydroxylation sites is 1. The van der Waals surface area contributed by atoms with E-state index >= 15 is 0 Å². The molecule has 5 unspecified atom stereocenters. The van der Waals surface area contributed by atoms with E-state index in [1.54, 1.807) is 6.20 Å². The van der Waals surface area contributed by atoms with Gasteiger partial charge in [-0.2, -0.15) is 0 Å². The van der Waals surface area contributed by atoms with Crippen molar-refractivity contribution in [1.82, 2.24) is 26.3 Å². The molecule has 5 atom stereocenters. The van der Waals surface area contributed by atoms with Crippen LogP contribution >= 0.6 is 0 Å². The van der Waals surface area contributed by atoms with Crippen LogP contribution in [0.1, 0.15) is 51.5 Å². The lowest BCUT2D eigenvalue weighted by molar-refractivity contribution is -0.142. The van der Waals surface area contributed by atoms with Crippen molar-refractivity contribution in [2.24, 2.45) is 11.7 Å². The molecule has 0 spiro atoms. The number of nitrogens with one attached hydrogen (secondary N) is 5. The maximum atomic E-state index is 13.5. The van der Waals surface area contributed by atoms with Crippen LogP contribution in [-0.2, 0) is 30.4 Å². The summed E-state index contributed by atoms with van der Waals surface area (Å²) in [6, 6.07) is 3.67. The zero-order chi connectivity index (χ0) is 28.5. The van der Waals surface area contributed by atoms with Gasteiger partial charge in [0.1, 0.15) is 18.1 Å². The first-order valence-corrected chi connectivity index (χ1v) is 13.3. The van der Waals surface area contributed by atoms with Gasteiger partial charge in [0.15, 0.2) is 0 Å². The topological polar surface area (TPSA) is 196 Å². The van der Waals surface area contributed by atoms with Gasteiger partial charge in [-0.3, -0.25) is 19.2 Å². The molecular formula is C27H38N6O6. The third-order valence-electron chi connectivity index (χ3n) is 7.20. The van der Waals surface area contributed by atoms with Crippen molar-refractivity contribution in [3.8, 4) is 0 Å². The zero-order valence-corrected chi connectivity index (χ0v) is 22.3. The van der Waals surface area contributed by atoms with E-state index in [-0.39, 0.29) is 37.1 Å². The lowest BCUT2D eigenvalue weighted by Crippen LogP contribution is -2.59. The fourth-order valence-electron chi connectivity index (χ4n) is 4.67. The molecule has 0 bridgehead atoms. The molecule has 3 rings (SSSR count). The standard InChI is InChI=1S/C27H38N6O6/c1-3-15(2)23(33-24(35)19-9-6-12-29-19)26(37)32-21(13-16-14-30-18-8-5-4-7-17(16)18)25(36)31-20(27(38)39)10-11-22(28)34/h4-5,7-8,14-15,19-21,23,29-30H,3,6,9-13H2,1-2H3,(H2,28,34)(H,31,36)(H,32,37)(H,33,35)(H,38,39). The number of nitrogens with two attached hydrogens (primary N) is 1. The SMILES string of the molecule is CCC(C)C(NC(=O)C1CCCN1)C(=O)NC(Cc1c[nH]c2ccccc12)C(=O)NC(CCC(N)=O)C(=O)O. The molecule has 0 aliphatic carbocycles. The minimum absolute atomic E-state index is 0.0646. The smallest absolute Gasteiger partial charge is 0.326 e. The fraction of sp³-hybridized carbons (Fsp3) is 0.519. The number of hydrogen-bond donors (Lipinski definition) is 7. The molecule has 39 heavy (non-hydrogen) atoms. The van der Waals surface area contributed by atoms with Gasteiger partial charge in [0.2, 0.25) is 23.6 Å². The average Bonchev–Trinajstić information content (AvgIpc) is 3.59. The molecule has 12 nitrogen and oxygen atoms in total. The van der Waals surface area contributed by atoms with Crippen LogP contribution in [0.2, 0.25) is 0 Å². The van der Waals surface area contributed by atoms with E-state index in [4.69, 9.17) is 5.73 Å². The first kappa shape index (κ1) is 29.6. The Morgan fingerprint density at radius 3 is 2.44 bits per heavy atom. The molecule has 0 radical (unpaired) electrons. The van der Waals surface area contributed by atoms with E-state index in [1.807, 2.05) is 38.1 Å². The monoisotopic (exact) mass is 542 g/mol. The van der Waals surface area contributed by atoms with E-state index in [0.717, 1.165) is 29.4 Å². The number of carboxylic acids is 1. The van der Waals surface area contributed by atoms with Crippen molar-refractivity contribution < 1.29 is 29.1 Å². The molecule has 1 aliphatic heterocycles. The minimum Gasteiger partial charge on any atom is -0.480 e. The molecule has 1 saturated heterocycles. The van der Waals surface area contributed by atoms with Crippen molar-refractivity contribution in [2.75, 3.05) is 6.54 Å². The summed E-state index contributed by atoms with van der Waals surface area (Å²) in [4.78, 5) is 65.8. The predicted molar refractivity (Wildman–Crippen MR) is 144 cm³/mol. The summed E-state index contributed by atoms with van der Waals surface area (Å²) in [6.45, 7) is 4.47. The van der Waals surface area contributed by atoms with Gasteiger partial charge in [0.05, 0.1) is 6.04 Å². The number of primary amides is 1. The molecular weight excluding hydrogens is 504 g/mol. The van der Waals surface area contributed by atoms with Gasteiger partial charge in [-0.25, -0.2) is 4.79 Å². The normalized spacial score (nSPS) is 18.1. The van der Waals surface area contributed by atoms with Gasteiger partial charge < -0.3 is 37.1 Å². The highest BCUT2D eigenvalue weighted by atomic mass is 16.4. The Balaban J connectivity index is 1.84. The summed E-state index contributed by atoms with van der Waals surface area (Å²) in [5.41, 5.74) is 6.75. The number of rotatable bonds is 14.